The molecule has 1 heterocycles. The van der Waals surface area contributed by atoms with Crippen LogP contribution in [-0.2, 0) is 7.05 Å². The summed E-state index contributed by atoms with van der Waals surface area (Å²) in [4.78, 5) is 0. The van der Waals surface area contributed by atoms with Gasteiger partial charge in [0.2, 0.25) is 0 Å². The second-order valence-corrected chi connectivity index (χ2v) is 5.47. The summed E-state index contributed by atoms with van der Waals surface area (Å²) in [5.74, 6) is 0. The quantitative estimate of drug-likeness (QED) is 0.866. The number of rotatable bonds is 3. The van der Waals surface area contributed by atoms with E-state index in [1.807, 2.05) is 18.7 Å². The minimum absolute atomic E-state index is 0.266. The normalized spacial score (nSPS) is 12.5. The van der Waals surface area contributed by atoms with E-state index in [-0.39, 0.29) is 6.04 Å². The molecular weight excluding hydrogens is 325 g/mol. The van der Waals surface area contributed by atoms with Crippen LogP contribution in [-0.4, -0.2) is 9.78 Å². The Balaban J connectivity index is 2.16. The van der Waals surface area contributed by atoms with Crippen LogP contribution in [0.5, 0.6) is 0 Å². The van der Waals surface area contributed by atoms with Crippen LogP contribution in [0.2, 0.25) is 0 Å². The van der Waals surface area contributed by atoms with E-state index in [9.17, 15) is 0 Å². The minimum Gasteiger partial charge on any atom is -0.378 e. The van der Waals surface area contributed by atoms with Crippen LogP contribution in [0.3, 0.4) is 0 Å². The predicted molar refractivity (Wildman–Crippen MR) is 79.1 cm³/mol. The van der Waals surface area contributed by atoms with Gasteiger partial charge in [-0.25, -0.2) is 0 Å². The molecule has 0 aliphatic carbocycles. The van der Waals surface area contributed by atoms with Crippen molar-refractivity contribution in [3.05, 3.63) is 45.3 Å². The molecular formula is C13H16IN3. The van der Waals surface area contributed by atoms with Crippen molar-refractivity contribution in [1.29, 1.82) is 0 Å². The number of nitrogens with one attached hydrogen (secondary N) is 1. The molecule has 0 amide bonds. The lowest BCUT2D eigenvalue weighted by Gasteiger charge is -2.14. The molecule has 17 heavy (non-hydrogen) atoms. The van der Waals surface area contributed by atoms with Gasteiger partial charge in [0.1, 0.15) is 0 Å². The predicted octanol–water partition coefficient (Wildman–Crippen LogP) is 3.51. The SMILES string of the molecule is Cc1nn(C)cc1C(C)Nc1cccc(I)c1. The first-order valence-electron chi connectivity index (χ1n) is 5.58. The Morgan fingerprint density at radius 2 is 2.18 bits per heavy atom. The highest BCUT2D eigenvalue weighted by molar-refractivity contribution is 14.1. The van der Waals surface area contributed by atoms with Gasteiger partial charge in [-0.05, 0) is 54.6 Å². The van der Waals surface area contributed by atoms with Crippen LogP contribution < -0.4 is 5.32 Å². The van der Waals surface area contributed by atoms with Crippen LogP contribution in [0.1, 0.15) is 24.2 Å². The van der Waals surface area contributed by atoms with E-state index in [0.29, 0.717) is 0 Å². The Morgan fingerprint density at radius 1 is 1.41 bits per heavy atom. The molecule has 4 heteroatoms. The molecule has 2 rings (SSSR count). The number of anilines is 1. The second kappa shape index (κ2) is 5.08. The maximum Gasteiger partial charge on any atom is 0.0646 e. The van der Waals surface area contributed by atoms with Gasteiger partial charge in [-0.1, -0.05) is 6.07 Å². The first kappa shape index (κ1) is 12.4. The molecule has 0 bridgehead atoms. The van der Waals surface area contributed by atoms with Gasteiger partial charge in [-0.15, -0.1) is 0 Å². The topological polar surface area (TPSA) is 29.9 Å². The van der Waals surface area contributed by atoms with Gasteiger partial charge in [-0.2, -0.15) is 5.10 Å². The summed E-state index contributed by atoms with van der Waals surface area (Å²) in [6, 6.07) is 8.65. The van der Waals surface area contributed by atoms with Gasteiger partial charge in [0.15, 0.2) is 0 Å². The van der Waals surface area contributed by atoms with Crippen molar-refractivity contribution in [3.63, 3.8) is 0 Å². The summed E-state index contributed by atoms with van der Waals surface area (Å²) in [5.41, 5.74) is 3.47. The second-order valence-electron chi connectivity index (χ2n) is 4.22. The first-order valence-corrected chi connectivity index (χ1v) is 6.66. The molecule has 0 aliphatic rings. The molecule has 0 saturated heterocycles. The van der Waals surface area contributed by atoms with E-state index in [1.165, 1.54) is 9.13 Å². The summed E-state index contributed by atoms with van der Waals surface area (Å²) >= 11 is 2.32. The summed E-state index contributed by atoms with van der Waals surface area (Å²) in [6.45, 7) is 4.20. The Hall–Kier alpha value is -1.04. The van der Waals surface area contributed by atoms with Crippen molar-refractivity contribution in [2.24, 2.45) is 7.05 Å². The van der Waals surface area contributed by atoms with Crippen molar-refractivity contribution < 1.29 is 0 Å². The Kier molecular flexibility index (Phi) is 3.71. The van der Waals surface area contributed by atoms with Crippen LogP contribution in [0.15, 0.2) is 30.5 Å². The third-order valence-electron chi connectivity index (χ3n) is 2.73. The van der Waals surface area contributed by atoms with E-state index < -0.39 is 0 Å². The number of benzene rings is 1. The smallest absolute Gasteiger partial charge is 0.0646 e. The Bertz CT molecular complexity index is 519. The largest absolute Gasteiger partial charge is 0.378 e. The van der Waals surface area contributed by atoms with E-state index in [1.54, 1.807) is 0 Å². The maximum atomic E-state index is 4.37. The number of aryl methyl sites for hydroxylation is 2. The lowest BCUT2D eigenvalue weighted by Crippen LogP contribution is -2.07. The molecule has 0 saturated carbocycles. The van der Waals surface area contributed by atoms with E-state index in [4.69, 9.17) is 0 Å². The van der Waals surface area contributed by atoms with E-state index >= 15 is 0 Å². The van der Waals surface area contributed by atoms with Crippen LogP contribution in [0.4, 0.5) is 5.69 Å². The molecule has 1 aromatic heterocycles. The number of halogens is 1. The summed E-state index contributed by atoms with van der Waals surface area (Å²) in [6.07, 6.45) is 2.07. The molecule has 3 nitrogen and oxygen atoms in total. The lowest BCUT2D eigenvalue weighted by molar-refractivity contribution is 0.756. The molecule has 0 spiro atoms. The van der Waals surface area contributed by atoms with Gasteiger partial charge in [-0.3, -0.25) is 4.68 Å². The van der Waals surface area contributed by atoms with Gasteiger partial charge in [0.05, 0.1) is 11.7 Å². The molecule has 0 radical (unpaired) electrons. The maximum absolute atomic E-state index is 4.37. The standard InChI is InChI=1S/C13H16IN3/c1-9(13-8-17(3)16-10(13)2)15-12-6-4-5-11(14)7-12/h4-9,15H,1-3H3. The fourth-order valence-corrected chi connectivity index (χ4v) is 2.49. The fraction of sp³-hybridized carbons (Fsp3) is 0.308. The van der Waals surface area contributed by atoms with Crippen molar-refractivity contribution in [1.82, 2.24) is 9.78 Å². The highest BCUT2D eigenvalue weighted by Gasteiger charge is 2.11. The van der Waals surface area contributed by atoms with E-state index in [0.717, 1.165) is 11.4 Å². The first-order chi connectivity index (χ1) is 8.06. The average Bonchev–Trinajstić information content (AvgIpc) is 2.58. The molecule has 1 unspecified atom stereocenters. The molecule has 1 atom stereocenters. The Labute approximate surface area is 115 Å². The van der Waals surface area contributed by atoms with E-state index in [2.05, 4.69) is 70.4 Å². The summed E-state index contributed by atoms with van der Waals surface area (Å²) < 4.78 is 3.10. The van der Waals surface area contributed by atoms with Gasteiger partial charge < -0.3 is 5.32 Å². The number of hydrogen-bond acceptors (Lipinski definition) is 2. The summed E-state index contributed by atoms with van der Waals surface area (Å²) in [7, 11) is 1.95. The highest BCUT2D eigenvalue weighted by Crippen LogP contribution is 2.22. The van der Waals surface area contributed by atoms with Crippen molar-refractivity contribution in [3.8, 4) is 0 Å². The molecule has 0 aliphatic heterocycles. The fourth-order valence-electron chi connectivity index (χ4n) is 1.95. The zero-order valence-electron chi connectivity index (χ0n) is 10.2. The monoisotopic (exact) mass is 341 g/mol. The molecule has 90 valence electrons. The lowest BCUT2D eigenvalue weighted by atomic mass is 10.1. The molecule has 0 fully saturated rings. The van der Waals surface area contributed by atoms with Crippen LogP contribution in [0.25, 0.3) is 0 Å². The van der Waals surface area contributed by atoms with Gasteiger partial charge in [0, 0.05) is 28.1 Å². The third-order valence-corrected chi connectivity index (χ3v) is 3.40. The highest BCUT2D eigenvalue weighted by atomic mass is 127. The zero-order valence-corrected chi connectivity index (χ0v) is 12.4. The Morgan fingerprint density at radius 3 is 2.76 bits per heavy atom. The van der Waals surface area contributed by atoms with Crippen molar-refractivity contribution in [2.75, 3.05) is 5.32 Å². The van der Waals surface area contributed by atoms with Crippen molar-refractivity contribution >= 4 is 28.3 Å². The van der Waals surface area contributed by atoms with Crippen LogP contribution >= 0.6 is 22.6 Å². The number of hydrogen-bond donors (Lipinski definition) is 1. The summed E-state index contributed by atoms with van der Waals surface area (Å²) in [5, 5.41) is 7.86. The van der Waals surface area contributed by atoms with Gasteiger partial charge in [0.25, 0.3) is 0 Å². The molecule has 2 aromatic rings. The zero-order chi connectivity index (χ0) is 12.4. The van der Waals surface area contributed by atoms with Crippen molar-refractivity contribution in [2.45, 2.75) is 19.9 Å². The minimum atomic E-state index is 0.266. The van der Waals surface area contributed by atoms with Gasteiger partial charge >= 0.3 is 0 Å². The number of nitrogens with zero attached hydrogens (tertiary/aromatic N) is 2. The third kappa shape index (κ3) is 3.00. The molecule has 1 N–H and O–H groups in total. The average molecular weight is 341 g/mol. The molecule has 1 aromatic carbocycles. The van der Waals surface area contributed by atoms with Crippen LogP contribution in [0, 0.1) is 10.5 Å². The number of aromatic nitrogens is 2.